The molecule has 1 N–H and O–H groups in total. The maximum atomic E-state index is 6.38. The topological polar surface area (TPSA) is 33.1 Å². The number of aromatic nitrogens is 2. The summed E-state index contributed by atoms with van der Waals surface area (Å²) in [5.74, 6) is 0. The summed E-state index contributed by atoms with van der Waals surface area (Å²) in [6.07, 6.45) is 5.06. The van der Waals surface area contributed by atoms with E-state index in [0.29, 0.717) is 6.04 Å². The molecule has 0 amide bonds. The van der Waals surface area contributed by atoms with Gasteiger partial charge in [0.05, 0.1) is 16.4 Å². The molecule has 0 aromatic carbocycles. The Labute approximate surface area is 127 Å². The Balaban J connectivity index is 2.01. The number of halogens is 1. The van der Waals surface area contributed by atoms with Gasteiger partial charge in [-0.05, 0) is 39.3 Å². The molecule has 1 aliphatic heterocycles. The van der Waals surface area contributed by atoms with E-state index in [1.54, 1.807) is 0 Å². The van der Waals surface area contributed by atoms with Gasteiger partial charge in [-0.3, -0.25) is 9.58 Å². The molecule has 1 aliphatic rings. The highest BCUT2D eigenvalue weighted by molar-refractivity contribution is 6.31. The molecule has 114 valence electrons. The van der Waals surface area contributed by atoms with Gasteiger partial charge < -0.3 is 5.32 Å². The van der Waals surface area contributed by atoms with E-state index in [0.717, 1.165) is 42.6 Å². The Hall–Kier alpha value is -0.580. The first-order chi connectivity index (χ1) is 9.61. The summed E-state index contributed by atoms with van der Waals surface area (Å²) in [6.45, 7) is 8.52. The first kappa shape index (κ1) is 15.8. The van der Waals surface area contributed by atoms with E-state index in [1.807, 2.05) is 18.7 Å². The Morgan fingerprint density at radius 1 is 1.50 bits per heavy atom. The van der Waals surface area contributed by atoms with E-state index >= 15 is 0 Å². The number of nitrogens with one attached hydrogen (secondary N) is 1. The third-order valence-corrected chi connectivity index (χ3v) is 4.60. The molecule has 1 unspecified atom stereocenters. The van der Waals surface area contributed by atoms with Crippen molar-refractivity contribution < 1.29 is 0 Å². The van der Waals surface area contributed by atoms with Crippen LogP contribution in [0, 0.1) is 6.92 Å². The van der Waals surface area contributed by atoms with Crippen LogP contribution >= 0.6 is 11.6 Å². The van der Waals surface area contributed by atoms with Crippen molar-refractivity contribution >= 4 is 11.6 Å². The summed E-state index contributed by atoms with van der Waals surface area (Å²) in [5, 5.41) is 8.83. The highest BCUT2D eigenvalue weighted by Gasteiger charge is 2.20. The van der Waals surface area contributed by atoms with Crippen molar-refractivity contribution in [3.8, 4) is 0 Å². The quantitative estimate of drug-likeness (QED) is 0.840. The van der Waals surface area contributed by atoms with Crippen molar-refractivity contribution in [3.05, 3.63) is 16.4 Å². The Morgan fingerprint density at radius 2 is 2.30 bits per heavy atom. The molecule has 0 spiro atoms. The zero-order chi connectivity index (χ0) is 14.5. The Kier molecular flexibility index (Phi) is 5.87. The molecular formula is C15H27ClN4. The number of hydrogen-bond donors (Lipinski definition) is 1. The minimum Gasteiger partial charge on any atom is -0.313 e. The summed E-state index contributed by atoms with van der Waals surface area (Å²) in [5.41, 5.74) is 2.07. The minimum absolute atomic E-state index is 0.639. The largest absolute Gasteiger partial charge is 0.313 e. The van der Waals surface area contributed by atoms with Crippen molar-refractivity contribution in [2.24, 2.45) is 7.05 Å². The van der Waals surface area contributed by atoms with Gasteiger partial charge in [0.15, 0.2) is 0 Å². The highest BCUT2D eigenvalue weighted by Crippen LogP contribution is 2.21. The van der Waals surface area contributed by atoms with E-state index in [1.165, 1.54) is 25.7 Å². The van der Waals surface area contributed by atoms with Crippen LogP contribution < -0.4 is 5.32 Å². The van der Waals surface area contributed by atoms with Gasteiger partial charge in [0, 0.05) is 26.2 Å². The predicted molar refractivity (Wildman–Crippen MR) is 84.2 cm³/mol. The molecule has 1 fully saturated rings. The summed E-state index contributed by atoms with van der Waals surface area (Å²) in [6, 6.07) is 0.639. The van der Waals surface area contributed by atoms with Crippen LogP contribution in [0.1, 0.15) is 44.0 Å². The van der Waals surface area contributed by atoms with Crippen molar-refractivity contribution in [3.63, 3.8) is 0 Å². The number of unbranched alkanes of at least 4 members (excludes halogenated alkanes) is 1. The lowest BCUT2D eigenvalue weighted by Crippen LogP contribution is -2.38. The summed E-state index contributed by atoms with van der Waals surface area (Å²) in [7, 11) is 1.99. The molecule has 1 saturated heterocycles. The summed E-state index contributed by atoms with van der Waals surface area (Å²) >= 11 is 6.38. The lowest BCUT2D eigenvalue weighted by Gasteiger charge is -2.25. The second kappa shape index (κ2) is 7.43. The van der Waals surface area contributed by atoms with Gasteiger partial charge in [-0.15, -0.1) is 0 Å². The SMILES string of the molecule is CCCCN(Cc1c(Cl)c(C)nn1C)CC1CCCN1. The minimum atomic E-state index is 0.639. The molecule has 2 rings (SSSR count). The van der Waals surface area contributed by atoms with E-state index < -0.39 is 0 Å². The third kappa shape index (κ3) is 3.96. The van der Waals surface area contributed by atoms with E-state index in [4.69, 9.17) is 11.6 Å². The van der Waals surface area contributed by atoms with Crippen LogP contribution in [-0.4, -0.2) is 40.4 Å². The fourth-order valence-corrected chi connectivity index (χ4v) is 3.12. The molecule has 0 saturated carbocycles. The van der Waals surface area contributed by atoms with Crippen molar-refractivity contribution in [2.45, 2.75) is 52.1 Å². The maximum absolute atomic E-state index is 6.38. The normalized spacial score (nSPS) is 19.1. The molecule has 1 aromatic heterocycles. The van der Waals surface area contributed by atoms with Crippen molar-refractivity contribution in [1.82, 2.24) is 20.0 Å². The lowest BCUT2D eigenvalue weighted by molar-refractivity contribution is 0.232. The van der Waals surface area contributed by atoms with Crippen LogP contribution in [0.3, 0.4) is 0 Å². The number of hydrogen-bond acceptors (Lipinski definition) is 3. The van der Waals surface area contributed by atoms with Crippen LogP contribution in [0.15, 0.2) is 0 Å². The van der Waals surface area contributed by atoms with Crippen LogP contribution in [0.2, 0.25) is 5.02 Å². The van der Waals surface area contributed by atoms with Gasteiger partial charge in [0.1, 0.15) is 0 Å². The van der Waals surface area contributed by atoms with Gasteiger partial charge in [0.2, 0.25) is 0 Å². The molecule has 4 nitrogen and oxygen atoms in total. The standard InChI is InChI=1S/C15H27ClN4/c1-4-5-9-20(10-13-7-6-8-17-13)11-14-15(16)12(2)18-19(14)3/h13,17H,4-11H2,1-3H3. The van der Waals surface area contributed by atoms with E-state index in [2.05, 4.69) is 22.2 Å². The molecule has 1 aromatic rings. The lowest BCUT2D eigenvalue weighted by atomic mass is 10.2. The molecule has 0 aliphatic carbocycles. The number of aryl methyl sites for hydroxylation is 2. The zero-order valence-corrected chi connectivity index (χ0v) is 13.7. The van der Waals surface area contributed by atoms with Gasteiger partial charge in [-0.2, -0.15) is 5.10 Å². The van der Waals surface area contributed by atoms with Crippen LogP contribution in [-0.2, 0) is 13.6 Å². The molecule has 0 bridgehead atoms. The molecular weight excluding hydrogens is 272 g/mol. The van der Waals surface area contributed by atoms with Crippen molar-refractivity contribution in [1.29, 1.82) is 0 Å². The average Bonchev–Trinajstić information content (AvgIpc) is 3.00. The average molecular weight is 299 g/mol. The third-order valence-electron chi connectivity index (χ3n) is 4.10. The maximum Gasteiger partial charge on any atom is 0.0860 e. The summed E-state index contributed by atoms with van der Waals surface area (Å²) in [4.78, 5) is 2.52. The van der Waals surface area contributed by atoms with Gasteiger partial charge >= 0.3 is 0 Å². The Morgan fingerprint density at radius 3 is 2.85 bits per heavy atom. The Bertz CT molecular complexity index is 424. The second-order valence-corrected chi connectivity index (χ2v) is 6.23. The van der Waals surface area contributed by atoms with Crippen LogP contribution in [0.5, 0.6) is 0 Å². The first-order valence-electron chi connectivity index (χ1n) is 7.75. The molecule has 0 radical (unpaired) electrons. The smallest absolute Gasteiger partial charge is 0.0860 e. The fraction of sp³-hybridized carbons (Fsp3) is 0.800. The molecule has 1 atom stereocenters. The second-order valence-electron chi connectivity index (χ2n) is 5.85. The molecule has 2 heterocycles. The predicted octanol–water partition coefficient (Wildman–Crippen LogP) is 2.74. The fourth-order valence-electron chi connectivity index (χ4n) is 2.90. The van der Waals surface area contributed by atoms with E-state index in [9.17, 15) is 0 Å². The van der Waals surface area contributed by atoms with Gasteiger partial charge in [0.25, 0.3) is 0 Å². The highest BCUT2D eigenvalue weighted by atomic mass is 35.5. The zero-order valence-electron chi connectivity index (χ0n) is 13.0. The van der Waals surface area contributed by atoms with Crippen molar-refractivity contribution in [2.75, 3.05) is 19.6 Å². The van der Waals surface area contributed by atoms with Gasteiger partial charge in [-0.25, -0.2) is 0 Å². The van der Waals surface area contributed by atoms with Crippen LogP contribution in [0.4, 0.5) is 0 Å². The summed E-state index contributed by atoms with van der Waals surface area (Å²) < 4.78 is 1.93. The molecule has 20 heavy (non-hydrogen) atoms. The van der Waals surface area contributed by atoms with Gasteiger partial charge in [-0.1, -0.05) is 24.9 Å². The molecule has 5 heteroatoms. The number of nitrogens with zero attached hydrogens (tertiary/aromatic N) is 3. The monoisotopic (exact) mass is 298 g/mol. The van der Waals surface area contributed by atoms with Crippen LogP contribution in [0.25, 0.3) is 0 Å². The first-order valence-corrected chi connectivity index (χ1v) is 8.13. The number of rotatable bonds is 7. The van der Waals surface area contributed by atoms with E-state index in [-0.39, 0.29) is 0 Å².